The Balaban J connectivity index is 1.77. The van der Waals surface area contributed by atoms with Gasteiger partial charge in [-0.3, -0.25) is 0 Å². The number of rotatable bonds is 1. The molecule has 7 rings (SSSR count). The highest BCUT2D eigenvalue weighted by Crippen LogP contribution is 2.59. The van der Waals surface area contributed by atoms with E-state index in [1.807, 2.05) is 7.05 Å². The van der Waals surface area contributed by atoms with Crippen molar-refractivity contribution in [1.82, 2.24) is 0 Å². The van der Waals surface area contributed by atoms with Gasteiger partial charge in [-0.25, -0.2) is 0 Å². The fourth-order valence-corrected chi connectivity index (χ4v) is 6.24. The molecule has 30 heavy (non-hydrogen) atoms. The molecule has 0 aliphatic heterocycles. The van der Waals surface area contributed by atoms with Gasteiger partial charge >= 0.3 is 0 Å². The topological polar surface area (TPSA) is 12.0 Å². The average molecular weight is 383 g/mol. The zero-order chi connectivity index (χ0) is 19.9. The van der Waals surface area contributed by atoms with Gasteiger partial charge in [0.15, 0.2) is 0 Å². The summed E-state index contributed by atoms with van der Waals surface area (Å²) in [4.78, 5) is 0. The van der Waals surface area contributed by atoms with E-state index < -0.39 is 0 Å². The number of fused-ring (bicyclic) bond motifs is 6. The van der Waals surface area contributed by atoms with Gasteiger partial charge in [-0.15, -0.1) is 0 Å². The summed E-state index contributed by atoms with van der Waals surface area (Å²) in [5.74, 6) is 0. The van der Waals surface area contributed by atoms with Crippen LogP contribution in [0.1, 0.15) is 33.4 Å². The Morgan fingerprint density at radius 2 is 1.20 bits per heavy atom. The van der Waals surface area contributed by atoms with E-state index >= 15 is 0 Å². The second kappa shape index (κ2) is 5.52. The predicted molar refractivity (Wildman–Crippen MR) is 126 cm³/mol. The molecule has 0 amide bonds. The summed E-state index contributed by atoms with van der Waals surface area (Å²) in [6, 6.07) is 34.1. The van der Waals surface area contributed by atoms with E-state index in [4.69, 9.17) is 0 Å². The number of hydrogen-bond acceptors (Lipinski definition) is 1. The zero-order valence-corrected chi connectivity index (χ0v) is 16.9. The van der Waals surface area contributed by atoms with Gasteiger partial charge in [-0.2, -0.15) is 0 Å². The Kier molecular flexibility index (Phi) is 2.99. The largest absolute Gasteiger partial charge is 0.388 e. The van der Waals surface area contributed by atoms with Crippen LogP contribution in [-0.4, -0.2) is 7.05 Å². The maximum Gasteiger partial charge on any atom is 0.0720 e. The van der Waals surface area contributed by atoms with E-state index in [1.54, 1.807) is 0 Å². The maximum atomic E-state index is 3.46. The first kappa shape index (κ1) is 16.2. The lowest BCUT2D eigenvalue weighted by molar-refractivity contribution is 0.725. The van der Waals surface area contributed by atoms with Crippen LogP contribution in [0.2, 0.25) is 0 Å². The fourth-order valence-electron chi connectivity index (χ4n) is 6.24. The third-order valence-electron chi connectivity index (χ3n) is 7.33. The first-order valence-electron chi connectivity index (χ1n) is 10.7. The van der Waals surface area contributed by atoms with Gasteiger partial charge in [0.25, 0.3) is 0 Å². The highest BCUT2D eigenvalue weighted by atomic mass is 14.8. The van der Waals surface area contributed by atoms with Crippen LogP contribution in [0.15, 0.2) is 91.0 Å². The van der Waals surface area contributed by atoms with Crippen LogP contribution in [0.25, 0.3) is 21.5 Å². The standard InChI is InChI=1S/C29H21N/c1-30-26-14-6-11-23-21(26)17-20-7-2-3-10-22(20)29(23)24-12-4-8-18-15-16-19-9-5-13-25(29)28(19)27(18)24/h2-16,30H,17H2,1H3. The Bertz CT molecular complexity index is 1450. The Morgan fingerprint density at radius 1 is 0.600 bits per heavy atom. The lowest BCUT2D eigenvalue weighted by atomic mass is 9.61. The third kappa shape index (κ3) is 1.71. The molecule has 2 aliphatic rings. The Labute approximate surface area is 176 Å². The second-order valence-electron chi connectivity index (χ2n) is 8.54. The molecule has 0 fully saturated rings. The van der Waals surface area contributed by atoms with Crippen molar-refractivity contribution in [2.24, 2.45) is 0 Å². The van der Waals surface area contributed by atoms with E-state index in [2.05, 4.69) is 96.3 Å². The number of nitrogens with one attached hydrogen (secondary N) is 1. The van der Waals surface area contributed by atoms with E-state index in [1.165, 1.54) is 60.6 Å². The highest BCUT2D eigenvalue weighted by Gasteiger charge is 2.48. The molecular weight excluding hydrogens is 362 g/mol. The molecule has 2 aliphatic carbocycles. The van der Waals surface area contributed by atoms with Crippen molar-refractivity contribution in [2.75, 3.05) is 12.4 Å². The summed E-state index contributed by atoms with van der Waals surface area (Å²) in [6.07, 6.45) is 0.965. The van der Waals surface area contributed by atoms with Crippen molar-refractivity contribution < 1.29 is 0 Å². The molecule has 1 N–H and O–H groups in total. The van der Waals surface area contributed by atoms with Crippen LogP contribution in [0.5, 0.6) is 0 Å². The van der Waals surface area contributed by atoms with Crippen LogP contribution in [0, 0.1) is 0 Å². The molecule has 0 unspecified atom stereocenters. The van der Waals surface area contributed by atoms with Gasteiger partial charge < -0.3 is 5.32 Å². The molecule has 0 atom stereocenters. The number of anilines is 1. The molecule has 0 saturated heterocycles. The van der Waals surface area contributed by atoms with Crippen molar-refractivity contribution in [2.45, 2.75) is 11.8 Å². The molecule has 5 aromatic rings. The summed E-state index contributed by atoms with van der Waals surface area (Å²) in [5.41, 5.74) is 9.51. The molecular formula is C29H21N. The lowest BCUT2D eigenvalue weighted by Crippen LogP contribution is -2.34. The van der Waals surface area contributed by atoms with E-state index in [9.17, 15) is 0 Å². The van der Waals surface area contributed by atoms with Gasteiger partial charge in [0.2, 0.25) is 0 Å². The van der Waals surface area contributed by atoms with Gasteiger partial charge in [0, 0.05) is 19.2 Å². The van der Waals surface area contributed by atoms with E-state index in [-0.39, 0.29) is 5.41 Å². The summed E-state index contributed by atoms with van der Waals surface area (Å²) in [6.45, 7) is 0. The fraction of sp³-hybridized carbons (Fsp3) is 0.103. The molecule has 0 bridgehead atoms. The molecule has 0 heterocycles. The van der Waals surface area contributed by atoms with Crippen LogP contribution in [0.4, 0.5) is 5.69 Å². The predicted octanol–water partition coefficient (Wildman–Crippen LogP) is 6.64. The van der Waals surface area contributed by atoms with Gasteiger partial charge in [-0.1, -0.05) is 84.9 Å². The summed E-state index contributed by atoms with van der Waals surface area (Å²) < 4.78 is 0. The number of benzene rings is 5. The van der Waals surface area contributed by atoms with Crippen molar-refractivity contribution in [3.63, 3.8) is 0 Å². The van der Waals surface area contributed by atoms with E-state index in [0.717, 1.165) is 6.42 Å². The lowest BCUT2D eigenvalue weighted by Gasteiger charge is -2.41. The van der Waals surface area contributed by atoms with Crippen LogP contribution >= 0.6 is 0 Å². The zero-order valence-electron chi connectivity index (χ0n) is 16.9. The van der Waals surface area contributed by atoms with Gasteiger partial charge in [0.05, 0.1) is 5.41 Å². The Morgan fingerprint density at radius 3 is 1.90 bits per heavy atom. The molecule has 0 aromatic heterocycles. The minimum Gasteiger partial charge on any atom is -0.388 e. The van der Waals surface area contributed by atoms with Crippen LogP contribution in [0.3, 0.4) is 0 Å². The molecule has 0 saturated carbocycles. The quantitative estimate of drug-likeness (QED) is 0.314. The van der Waals surface area contributed by atoms with Crippen molar-refractivity contribution in [3.8, 4) is 0 Å². The van der Waals surface area contributed by atoms with Gasteiger partial charge in [0.1, 0.15) is 0 Å². The maximum absolute atomic E-state index is 3.46. The summed E-state index contributed by atoms with van der Waals surface area (Å²) in [7, 11) is 2.04. The average Bonchev–Trinajstić information content (AvgIpc) is 3.10. The SMILES string of the molecule is CNc1cccc2c1Cc1ccccc1C21c2cccc3ccc4cccc1c4c23. The molecule has 1 nitrogen and oxygen atoms in total. The molecule has 0 radical (unpaired) electrons. The normalized spacial score (nSPS) is 15.0. The van der Waals surface area contributed by atoms with Crippen molar-refractivity contribution in [1.29, 1.82) is 0 Å². The smallest absolute Gasteiger partial charge is 0.0720 e. The first-order chi connectivity index (χ1) is 14.8. The minimum atomic E-state index is -0.264. The molecule has 1 spiro atoms. The van der Waals surface area contributed by atoms with Crippen molar-refractivity contribution in [3.05, 3.63) is 124 Å². The molecule has 142 valence electrons. The van der Waals surface area contributed by atoms with E-state index in [0.29, 0.717) is 0 Å². The second-order valence-corrected chi connectivity index (χ2v) is 8.54. The van der Waals surface area contributed by atoms with Crippen LogP contribution < -0.4 is 5.32 Å². The Hall–Kier alpha value is -3.58. The van der Waals surface area contributed by atoms with Gasteiger partial charge in [-0.05, 0) is 61.0 Å². The summed E-state index contributed by atoms with van der Waals surface area (Å²) >= 11 is 0. The molecule has 1 heteroatoms. The highest BCUT2D eigenvalue weighted by molar-refractivity contribution is 6.16. The number of hydrogen-bond donors (Lipinski definition) is 1. The minimum absolute atomic E-state index is 0.264. The monoisotopic (exact) mass is 383 g/mol. The third-order valence-corrected chi connectivity index (χ3v) is 7.33. The van der Waals surface area contributed by atoms with Crippen LogP contribution in [-0.2, 0) is 11.8 Å². The first-order valence-corrected chi connectivity index (χ1v) is 10.7. The summed E-state index contributed by atoms with van der Waals surface area (Å²) in [5, 5.41) is 8.97. The van der Waals surface area contributed by atoms with Crippen molar-refractivity contribution >= 4 is 27.2 Å². The molecule has 5 aromatic carbocycles.